The Kier molecular flexibility index (Phi) is 2.94. The molecule has 1 amide bonds. The van der Waals surface area contributed by atoms with Crippen molar-refractivity contribution < 1.29 is 9.72 Å². The van der Waals surface area contributed by atoms with Gasteiger partial charge in [-0.05, 0) is 31.0 Å². The Balaban J connectivity index is 1.78. The Bertz CT molecular complexity index is 659. The van der Waals surface area contributed by atoms with Crippen LogP contribution in [0.2, 0.25) is 0 Å². The van der Waals surface area contributed by atoms with E-state index in [4.69, 9.17) is 0 Å². The summed E-state index contributed by atoms with van der Waals surface area (Å²) in [6.07, 6.45) is 3.70. The molecule has 7 heteroatoms. The first-order valence-corrected chi connectivity index (χ1v) is 6.25. The predicted octanol–water partition coefficient (Wildman–Crippen LogP) is 1.67. The van der Waals surface area contributed by atoms with Crippen LogP contribution >= 0.6 is 0 Å². The fourth-order valence-electron chi connectivity index (χ4n) is 1.80. The molecule has 1 heterocycles. The number of carbonyl (C=O) groups is 1. The maximum atomic E-state index is 11.8. The Labute approximate surface area is 114 Å². The molecule has 0 unspecified atom stereocenters. The summed E-state index contributed by atoms with van der Waals surface area (Å²) in [4.78, 5) is 21.9. The highest BCUT2D eigenvalue weighted by molar-refractivity contribution is 5.92. The molecule has 0 bridgehead atoms. The molecule has 1 aliphatic carbocycles. The first-order chi connectivity index (χ1) is 9.63. The van der Waals surface area contributed by atoms with Crippen molar-refractivity contribution >= 4 is 11.6 Å². The molecule has 1 aromatic carbocycles. The molecule has 1 N–H and O–H groups in total. The van der Waals surface area contributed by atoms with Crippen molar-refractivity contribution in [3.63, 3.8) is 0 Å². The topological polar surface area (TPSA) is 90.1 Å². The van der Waals surface area contributed by atoms with Crippen molar-refractivity contribution in [3.8, 4) is 5.69 Å². The first-order valence-electron chi connectivity index (χ1n) is 6.25. The van der Waals surface area contributed by atoms with Gasteiger partial charge in [-0.25, -0.2) is 4.68 Å². The van der Waals surface area contributed by atoms with Crippen molar-refractivity contribution in [2.45, 2.75) is 18.9 Å². The maximum absolute atomic E-state index is 11.8. The number of carbonyl (C=O) groups excluding carboxylic acids is 1. The van der Waals surface area contributed by atoms with Crippen molar-refractivity contribution in [2.24, 2.45) is 0 Å². The summed E-state index contributed by atoms with van der Waals surface area (Å²) in [6, 6.07) is 7.90. The summed E-state index contributed by atoms with van der Waals surface area (Å²) in [5.74, 6) is -0.187. The SMILES string of the molecule is O=C(NC1CC1)c1ccn(-c2ccc([N+](=O)[O-])cc2)n1. The molecule has 7 nitrogen and oxygen atoms in total. The summed E-state index contributed by atoms with van der Waals surface area (Å²) in [7, 11) is 0. The van der Waals surface area contributed by atoms with Gasteiger partial charge in [-0.15, -0.1) is 0 Å². The molecule has 3 rings (SSSR count). The van der Waals surface area contributed by atoms with Crippen LogP contribution in [0.1, 0.15) is 23.3 Å². The number of nitrogens with zero attached hydrogens (tertiary/aromatic N) is 3. The second-order valence-corrected chi connectivity index (χ2v) is 4.67. The molecular weight excluding hydrogens is 260 g/mol. The largest absolute Gasteiger partial charge is 0.348 e. The van der Waals surface area contributed by atoms with E-state index in [9.17, 15) is 14.9 Å². The first kappa shape index (κ1) is 12.3. The molecule has 2 aromatic rings. The molecule has 0 atom stereocenters. The van der Waals surface area contributed by atoms with Crippen LogP contribution in [-0.4, -0.2) is 26.7 Å². The zero-order valence-electron chi connectivity index (χ0n) is 10.5. The lowest BCUT2D eigenvalue weighted by Crippen LogP contribution is -2.25. The number of hydrogen-bond acceptors (Lipinski definition) is 4. The zero-order chi connectivity index (χ0) is 14.1. The lowest BCUT2D eigenvalue weighted by Gasteiger charge is -2.01. The van der Waals surface area contributed by atoms with Crippen molar-refractivity contribution in [3.05, 3.63) is 52.3 Å². The van der Waals surface area contributed by atoms with Gasteiger partial charge in [0.15, 0.2) is 5.69 Å². The number of rotatable bonds is 4. The number of nitro groups is 1. The van der Waals surface area contributed by atoms with Gasteiger partial charge in [0.1, 0.15) is 0 Å². The monoisotopic (exact) mass is 272 g/mol. The highest BCUT2D eigenvalue weighted by Crippen LogP contribution is 2.19. The van der Waals surface area contributed by atoms with Crippen LogP contribution in [0.3, 0.4) is 0 Å². The molecule has 20 heavy (non-hydrogen) atoms. The van der Waals surface area contributed by atoms with Crippen LogP contribution in [0, 0.1) is 10.1 Å². The van der Waals surface area contributed by atoms with E-state index in [1.54, 1.807) is 24.4 Å². The van der Waals surface area contributed by atoms with Gasteiger partial charge in [0.05, 0.1) is 10.6 Å². The van der Waals surface area contributed by atoms with Crippen LogP contribution in [0.25, 0.3) is 5.69 Å². The van der Waals surface area contributed by atoms with E-state index >= 15 is 0 Å². The number of amides is 1. The van der Waals surface area contributed by atoms with E-state index in [1.165, 1.54) is 16.8 Å². The summed E-state index contributed by atoms with van der Waals surface area (Å²) in [5, 5.41) is 17.6. The van der Waals surface area contributed by atoms with Crippen LogP contribution < -0.4 is 5.32 Å². The van der Waals surface area contributed by atoms with Gasteiger partial charge >= 0.3 is 0 Å². The molecule has 0 aliphatic heterocycles. The van der Waals surface area contributed by atoms with Gasteiger partial charge in [-0.2, -0.15) is 5.10 Å². The highest BCUT2D eigenvalue weighted by Gasteiger charge is 2.24. The molecular formula is C13H12N4O3. The summed E-state index contributed by atoms with van der Waals surface area (Å²) in [5.41, 5.74) is 1.03. The van der Waals surface area contributed by atoms with E-state index in [0.29, 0.717) is 11.4 Å². The molecule has 0 radical (unpaired) electrons. The van der Waals surface area contributed by atoms with E-state index in [2.05, 4.69) is 10.4 Å². The van der Waals surface area contributed by atoms with Gasteiger partial charge in [0, 0.05) is 24.4 Å². The van der Waals surface area contributed by atoms with Crippen LogP contribution in [0.15, 0.2) is 36.5 Å². The standard InChI is InChI=1S/C13H12N4O3/c18-13(14-9-1-2-9)12-7-8-16(15-12)10-3-5-11(6-4-10)17(19)20/h3-9H,1-2H2,(H,14,18). The lowest BCUT2D eigenvalue weighted by molar-refractivity contribution is -0.384. The van der Waals surface area contributed by atoms with Crippen LogP contribution in [0.5, 0.6) is 0 Å². The summed E-state index contributed by atoms with van der Waals surface area (Å²) < 4.78 is 1.52. The molecule has 1 saturated carbocycles. The molecule has 1 aromatic heterocycles. The minimum atomic E-state index is -0.457. The van der Waals surface area contributed by atoms with E-state index < -0.39 is 4.92 Å². The third kappa shape index (κ3) is 2.51. The summed E-state index contributed by atoms with van der Waals surface area (Å²) in [6.45, 7) is 0. The normalized spacial score (nSPS) is 14.0. The molecule has 1 fully saturated rings. The summed E-state index contributed by atoms with van der Waals surface area (Å²) >= 11 is 0. The molecule has 1 aliphatic rings. The minimum Gasteiger partial charge on any atom is -0.348 e. The third-order valence-electron chi connectivity index (χ3n) is 3.06. The number of non-ortho nitro benzene ring substituents is 1. The zero-order valence-corrected chi connectivity index (χ0v) is 10.5. The van der Waals surface area contributed by atoms with Gasteiger partial charge in [0.25, 0.3) is 11.6 Å². The number of aromatic nitrogens is 2. The predicted molar refractivity (Wildman–Crippen MR) is 70.7 cm³/mol. The smallest absolute Gasteiger partial charge is 0.272 e. The average Bonchev–Trinajstić information content (AvgIpc) is 3.11. The Morgan fingerprint density at radius 2 is 2.00 bits per heavy atom. The van der Waals surface area contributed by atoms with Gasteiger partial charge in [-0.3, -0.25) is 14.9 Å². The van der Waals surface area contributed by atoms with Crippen LogP contribution in [-0.2, 0) is 0 Å². The van der Waals surface area contributed by atoms with Crippen molar-refractivity contribution in [2.75, 3.05) is 0 Å². The van der Waals surface area contributed by atoms with Crippen molar-refractivity contribution in [1.29, 1.82) is 0 Å². The van der Waals surface area contributed by atoms with E-state index in [0.717, 1.165) is 12.8 Å². The Morgan fingerprint density at radius 3 is 2.60 bits per heavy atom. The van der Waals surface area contributed by atoms with Gasteiger partial charge in [0.2, 0.25) is 0 Å². The maximum Gasteiger partial charge on any atom is 0.272 e. The number of nitro benzene ring substituents is 1. The van der Waals surface area contributed by atoms with Gasteiger partial charge in [-0.1, -0.05) is 0 Å². The third-order valence-corrected chi connectivity index (χ3v) is 3.06. The van der Waals surface area contributed by atoms with Crippen molar-refractivity contribution in [1.82, 2.24) is 15.1 Å². The quantitative estimate of drug-likeness (QED) is 0.677. The van der Waals surface area contributed by atoms with Crippen LogP contribution in [0.4, 0.5) is 5.69 Å². The number of nitrogens with one attached hydrogen (secondary N) is 1. The molecule has 102 valence electrons. The van der Waals surface area contributed by atoms with Gasteiger partial charge < -0.3 is 5.32 Å². The molecule has 0 spiro atoms. The van der Waals surface area contributed by atoms with E-state index in [-0.39, 0.29) is 17.6 Å². The average molecular weight is 272 g/mol. The number of hydrogen-bond donors (Lipinski definition) is 1. The fraction of sp³-hybridized carbons (Fsp3) is 0.231. The Hall–Kier alpha value is -2.70. The second-order valence-electron chi connectivity index (χ2n) is 4.67. The van der Waals surface area contributed by atoms with E-state index in [1.807, 2.05) is 0 Å². The lowest BCUT2D eigenvalue weighted by atomic mass is 10.3. The highest BCUT2D eigenvalue weighted by atomic mass is 16.6. The Morgan fingerprint density at radius 1 is 1.30 bits per heavy atom. The number of benzene rings is 1. The second kappa shape index (κ2) is 4.76. The molecule has 0 saturated heterocycles. The minimum absolute atomic E-state index is 0.0209. The fourth-order valence-corrected chi connectivity index (χ4v) is 1.80.